The summed E-state index contributed by atoms with van der Waals surface area (Å²) in [6.07, 6.45) is -4.49. The Kier molecular flexibility index (Phi) is 4.81. The Hall–Kier alpha value is -2.32. The Morgan fingerprint density at radius 3 is 2.58 bits per heavy atom. The van der Waals surface area contributed by atoms with Crippen LogP contribution in [-0.2, 0) is 18.0 Å². The van der Waals surface area contributed by atoms with Gasteiger partial charge in [0.25, 0.3) is 0 Å². The maximum atomic E-state index is 13.2. The van der Waals surface area contributed by atoms with E-state index in [0.29, 0.717) is 28.1 Å². The Bertz CT molecular complexity index is 970. The molecule has 0 aliphatic heterocycles. The maximum Gasteiger partial charge on any atom is 0.416 e. The molecule has 0 N–H and O–H groups in total. The van der Waals surface area contributed by atoms with Crippen molar-refractivity contribution in [1.82, 2.24) is 14.5 Å². The lowest BCUT2D eigenvalue weighted by molar-refractivity contribution is -0.137. The smallest absolute Gasteiger partial charge is 0.416 e. The number of aryl methyl sites for hydroxylation is 2. The number of imidazole rings is 1. The highest BCUT2D eigenvalue weighted by atomic mass is 35.5. The zero-order valence-electron chi connectivity index (χ0n) is 14.2. The van der Waals surface area contributed by atoms with E-state index in [1.54, 1.807) is 30.7 Å². The van der Waals surface area contributed by atoms with Crippen molar-refractivity contribution >= 4 is 22.8 Å². The van der Waals surface area contributed by atoms with E-state index in [1.807, 2.05) is 0 Å². The number of fused-ring (bicyclic) bond motifs is 1. The summed E-state index contributed by atoms with van der Waals surface area (Å²) in [5.41, 5.74) is 1.10. The molecule has 26 heavy (non-hydrogen) atoms. The number of hydrogen-bond acceptors (Lipinski definition) is 4. The van der Waals surface area contributed by atoms with Crippen molar-refractivity contribution in [3.05, 3.63) is 40.5 Å². The Morgan fingerprint density at radius 2 is 1.92 bits per heavy atom. The minimum absolute atomic E-state index is 0.0312. The van der Waals surface area contributed by atoms with Crippen LogP contribution in [0.2, 0.25) is 5.15 Å². The monoisotopic (exact) mass is 385 g/mol. The number of alkyl halides is 3. The molecule has 0 atom stereocenters. The van der Waals surface area contributed by atoms with Gasteiger partial charge in [0.1, 0.15) is 16.7 Å². The van der Waals surface area contributed by atoms with Crippen LogP contribution in [0.5, 0.6) is 5.75 Å². The van der Waals surface area contributed by atoms with E-state index in [-0.39, 0.29) is 17.7 Å². The molecule has 2 heterocycles. The fourth-order valence-corrected chi connectivity index (χ4v) is 2.86. The summed E-state index contributed by atoms with van der Waals surface area (Å²) in [6, 6.07) is 5.38. The van der Waals surface area contributed by atoms with Crippen LogP contribution in [0, 0.1) is 6.92 Å². The zero-order chi connectivity index (χ0) is 19.1. The average Bonchev–Trinajstić information content (AvgIpc) is 2.87. The summed E-state index contributed by atoms with van der Waals surface area (Å²) in [5.74, 6) is 0.454. The predicted octanol–water partition coefficient (Wildman–Crippen LogP) is 4.60. The van der Waals surface area contributed by atoms with Crippen LogP contribution in [0.15, 0.2) is 24.3 Å². The van der Waals surface area contributed by atoms with Crippen LogP contribution in [0.3, 0.4) is 0 Å². The summed E-state index contributed by atoms with van der Waals surface area (Å²) in [6.45, 7) is 1.38. The Labute approximate surface area is 152 Å². The van der Waals surface area contributed by atoms with Crippen LogP contribution < -0.4 is 4.74 Å². The van der Waals surface area contributed by atoms with Gasteiger partial charge < -0.3 is 14.0 Å². The fourth-order valence-electron chi connectivity index (χ4n) is 2.72. The summed E-state index contributed by atoms with van der Waals surface area (Å²) in [7, 11) is 3.14. The third kappa shape index (κ3) is 3.34. The standard InChI is InChI=1S/C17H15ClF3N3O2/c1-9-6-10(17(19,20)21)7-12(26-8-25-3)14(9)16-23-15-11(24(16)2)4-5-13(18)22-15/h4-7H,8H2,1-3H3. The quantitative estimate of drug-likeness (QED) is 0.486. The highest BCUT2D eigenvalue weighted by molar-refractivity contribution is 6.29. The summed E-state index contributed by atoms with van der Waals surface area (Å²) in [5, 5.41) is 0.280. The topological polar surface area (TPSA) is 49.2 Å². The van der Waals surface area contributed by atoms with Gasteiger partial charge in [-0.25, -0.2) is 9.97 Å². The highest BCUT2D eigenvalue weighted by Gasteiger charge is 2.33. The summed E-state index contributed by atoms with van der Waals surface area (Å²) in [4.78, 5) is 8.58. The lowest BCUT2D eigenvalue weighted by Gasteiger charge is -2.17. The minimum atomic E-state index is -4.49. The van der Waals surface area contributed by atoms with Crippen LogP contribution in [0.1, 0.15) is 11.1 Å². The first-order valence-corrected chi connectivity index (χ1v) is 7.93. The molecule has 138 valence electrons. The second kappa shape index (κ2) is 6.77. The average molecular weight is 386 g/mol. The molecule has 0 saturated heterocycles. The number of ether oxygens (including phenoxy) is 2. The van der Waals surface area contributed by atoms with E-state index >= 15 is 0 Å². The van der Waals surface area contributed by atoms with Gasteiger partial charge in [-0.1, -0.05) is 11.6 Å². The van der Waals surface area contributed by atoms with Crippen LogP contribution >= 0.6 is 11.6 Å². The third-order valence-corrected chi connectivity index (χ3v) is 4.10. The number of methoxy groups -OCH3 is 1. The number of halogens is 4. The van der Waals surface area contributed by atoms with Crippen molar-refractivity contribution in [1.29, 1.82) is 0 Å². The number of nitrogens with zero attached hydrogens (tertiary/aromatic N) is 3. The lowest BCUT2D eigenvalue weighted by Crippen LogP contribution is -2.09. The van der Waals surface area contributed by atoms with Gasteiger partial charge in [-0.05, 0) is 36.8 Å². The predicted molar refractivity (Wildman–Crippen MR) is 91.2 cm³/mol. The van der Waals surface area contributed by atoms with Gasteiger partial charge in [-0.3, -0.25) is 0 Å². The number of pyridine rings is 1. The largest absolute Gasteiger partial charge is 0.467 e. The first kappa shape index (κ1) is 18.5. The molecule has 0 aliphatic carbocycles. The van der Waals surface area contributed by atoms with Crippen molar-refractivity contribution in [2.45, 2.75) is 13.1 Å². The molecule has 2 aromatic heterocycles. The van der Waals surface area contributed by atoms with E-state index in [4.69, 9.17) is 21.1 Å². The second-order valence-electron chi connectivity index (χ2n) is 5.69. The molecule has 0 fully saturated rings. The molecule has 0 saturated carbocycles. The Morgan fingerprint density at radius 1 is 1.19 bits per heavy atom. The summed E-state index contributed by atoms with van der Waals surface area (Å²) >= 11 is 5.90. The summed E-state index contributed by atoms with van der Waals surface area (Å²) < 4.78 is 51.5. The Balaban J connectivity index is 2.25. The third-order valence-electron chi connectivity index (χ3n) is 3.89. The van der Waals surface area contributed by atoms with Gasteiger partial charge in [0.15, 0.2) is 12.4 Å². The molecule has 1 aromatic carbocycles. The van der Waals surface area contributed by atoms with E-state index in [1.165, 1.54) is 7.11 Å². The number of rotatable bonds is 4. The van der Waals surface area contributed by atoms with Crippen molar-refractivity contribution in [2.24, 2.45) is 7.05 Å². The molecule has 9 heteroatoms. The molecule has 0 radical (unpaired) electrons. The van der Waals surface area contributed by atoms with Crippen LogP contribution in [0.4, 0.5) is 13.2 Å². The molecule has 5 nitrogen and oxygen atoms in total. The number of hydrogen-bond donors (Lipinski definition) is 0. The molecule has 0 amide bonds. The normalized spacial score (nSPS) is 12.0. The molecule has 0 spiro atoms. The van der Waals surface area contributed by atoms with Gasteiger partial charge in [-0.15, -0.1) is 0 Å². The fraction of sp³-hybridized carbons (Fsp3) is 0.294. The molecular weight excluding hydrogens is 371 g/mol. The van der Waals surface area contributed by atoms with Crippen molar-refractivity contribution in [3.8, 4) is 17.1 Å². The molecule has 0 unspecified atom stereocenters. The minimum Gasteiger partial charge on any atom is -0.467 e. The molecule has 3 aromatic rings. The van der Waals surface area contributed by atoms with E-state index in [2.05, 4.69) is 9.97 Å². The highest BCUT2D eigenvalue weighted by Crippen LogP contribution is 2.40. The van der Waals surface area contributed by atoms with Gasteiger partial charge in [0.2, 0.25) is 0 Å². The van der Waals surface area contributed by atoms with Crippen molar-refractivity contribution < 1.29 is 22.6 Å². The lowest BCUT2D eigenvalue weighted by atomic mass is 10.0. The van der Waals surface area contributed by atoms with Gasteiger partial charge in [-0.2, -0.15) is 13.2 Å². The van der Waals surface area contributed by atoms with Gasteiger partial charge >= 0.3 is 6.18 Å². The molecular formula is C17H15ClF3N3O2. The molecule has 0 aliphatic rings. The zero-order valence-corrected chi connectivity index (χ0v) is 14.9. The van der Waals surface area contributed by atoms with E-state index in [0.717, 1.165) is 12.1 Å². The maximum absolute atomic E-state index is 13.2. The first-order valence-electron chi connectivity index (χ1n) is 7.55. The van der Waals surface area contributed by atoms with Gasteiger partial charge in [0, 0.05) is 14.2 Å². The SMILES string of the molecule is COCOc1cc(C(F)(F)F)cc(C)c1-c1nc2nc(Cl)ccc2n1C. The van der Waals surface area contributed by atoms with E-state index in [9.17, 15) is 13.2 Å². The first-order chi connectivity index (χ1) is 12.2. The van der Waals surface area contributed by atoms with Crippen molar-refractivity contribution in [3.63, 3.8) is 0 Å². The van der Waals surface area contributed by atoms with Crippen LogP contribution in [0.25, 0.3) is 22.6 Å². The number of aromatic nitrogens is 3. The molecule has 0 bridgehead atoms. The van der Waals surface area contributed by atoms with Crippen molar-refractivity contribution in [2.75, 3.05) is 13.9 Å². The van der Waals surface area contributed by atoms with Gasteiger partial charge in [0.05, 0.1) is 16.6 Å². The molecule has 3 rings (SSSR count). The number of benzene rings is 1. The second-order valence-corrected chi connectivity index (χ2v) is 6.07. The van der Waals surface area contributed by atoms with Crippen LogP contribution in [-0.4, -0.2) is 28.4 Å². The van der Waals surface area contributed by atoms with E-state index < -0.39 is 11.7 Å².